The molecule has 1 atom stereocenters. The van der Waals surface area contributed by atoms with E-state index in [0.29, 0.717) is 25.7 Å². The molecule has 0 unspecified atom stereocenters. The van der Waals surface area contributed by atoms with Gasteiger partial charge in [0.25, 0.3) is 0 Å². The Kier molecular flexibility index (Phi) is 5.81. The van der Waals surface area contributed by atoms with Crippen LogP contribution in [0.2, 0.25) is 0 Å². The molecule has 2 aromatic carbocycles. The van der Waals surface area contributed by atoms with Crippen LogP contribution in [-0.4, -0.2) is 56.7 Å². The number of sulfonamides is 1. The zero-order valence-corrected chi connectivity index (χ0v) is 17.8. The van der Waals surface area contributed by atoms with Crippen molar-refractivity contribution in [1.29, 1.82) is 0 Å². The van der Waals surface area contributed by atoms with Gasteiger partial charge >= 0.3 is 0 Å². The van der Waals surface area contributed by atoms with Gasteiger partial charge in [-0.05, 0) is 43.1 Å². The van der Waals surface area contributed by atoms with Crippen molar-refractivity contribution in [3.63, 3.8) is 0 Å². The minimum Gasteiger partial charge on any atom is -0.485 e. The van der Waals surface area contributed by atoms with E-state index < -0.39 is 10.0 Å². The van der Waals surface area contributed by atoms with Crippen LogP contribution in [0.3, 0.4) is 0 Å². The first-order chi connectivity index (χ1) is 13.9. The van der Waals surface area contributed by atoms with Crippen molar-refractivity contribution in [2.45, 2.75) is 31.5 Å². The molecule has 2 aliphatic rings. The van der Waals surface area contributed by atoms with Crippen LogP contribution >= 0.6 is 0 Å². The Labute approximate surface area is 173 Å². The first-order valence-corrected chi connectivity index (χ1v) is 11.9. The molecule has 0 amide bonds. The Morgan fingerprint density at radius 2 is 1.69 bits per heavy atom. The smallest absolute Gasteiger partial charge is 0.211 e. The maximum Gasteiger partial charge on any atom is 0.211 e. The Hall–Kier alpha value is -2.09. The summed E-state index contributed by atoms with van der Waals surface area (Å²) in [6, 6.07) is 16.6. The molecule has 2 aromatic rings. The highest BCUT2D eigenvalue weighted by Crippen LogP contribution is 2.35. The third-order valence-corrected chi connectivity index (χ3v) is 7.11. The molecular formula is C22H28N2O4S. The number of hydrogen-bond acceptors (Lipinski definition) is 5. The van der Waals surface area contributed by atoms with E-state index in [4.69, 9.17) is 9.47 Å². The lowest BCUT2D eigenvalue weighted by atomic mass is 10.0. The fourth-order valence-electron chi connectivity index (χ4n) is 4.05. The summed E-state index contributed by atoms with van der Waals surface area (Å²) in [7, 11) is -0.961. The first kappa shape index (κ1) is 20.2. The van der Waals surface area contributed by atoms with Crippen molar-refractivity contribution in [3.8, 4) is 11.5 Å². The highest BCUT2D eigenvalue weighted by molar-refractivity contribution is 7.88. The second kappa shape index (κ2) is 8.34. The monoisotopic (exact) mass is 416 g/mol. The van der Waals surface area contributed by atoms with E-state index >= 15 is 0 Å². The van der Waals surface area contributed by atoms with Crippen LogP contribution in [0.1, 0.15) is 30.1 Å². The quantitative estimate of drug-likeness (QED) is 0.750. The molecule has 29 heavy (non-hydrogen) atoms. The van der Waals surface area contributed by atoms with Gasteiger partial charge in [0.05, 0.1) is 6.26 Å². The zero-order chi connectivity index (χ0) is 20.4. The van der Waals surface area contributed by atoms with Crippen LogP contribution in [0, 0.1) is 0 Å². The van der Waals surface area contributed by atoms with E-state index in [1.54, 1.807) is 4.31 Å². The summed E-state index contributed by atoms with van der Waals surface area (Å²) in [5.74, 6) is 1.58. The fourth-order valence-corrected chi connectivity index (χ4v) is 4.93. The molecule has 1 saturated heterocycles. The van der Waals surface area contributed by atoms with E-state index in [-0.39, 0.29) is 6.10 Å². The largest absolute Gasteiger partial charge is 0.485 e. The van der Waals surface area contributed by atoms with Gasteiger partial charge in [0.1, 0.15) is 6.61 Å². The molecule has 2 aliphatic heterocycles. The molecule has 0 aromatic heterocycles. The van der Waals surface area contributed by atoms with Crippen molar-refractivity contribution in [2.75, 3.05) is 33.0 Å². The van der Waals surface area contributed by atoms with Crippen molar-refractivity contribution in [1.82, 2.24) is 9.21 Å². The summed E-state index contributed by atoms with van der Waals surface area (Å²) in [5, 5.41) is 0. The van der Waals surface area contributed by atoms with Gasteiger partial charge in [-0.1, -0.05) is 36.4 Å². The van der Waals surface area contributed by atoms with Gasteiger partial charge in [0, 0.05) is 25.7 Å². The lowest BCUT2D eigenvalue weighted by molar-refractivity contribution is 0.0912. The van der Waals surface area contributed by atoms with Crippen LogP contribution in [0.5, 0.6) is 11.5 Å². The summed E-state index contributed by atoms with van der Waals surface area (Å²) >= 11 is 0. The van der Waals surface area contributed by atoms with Gasteiger partial charge in [-0.2, -0.15) is 0 Å². The molecule has 6 nitrogen and oxygen atoms in total. The Bertz CT molecular complexity index is 938. The Balaban J connectivity index is 1.33. The summed E-state index contributed by atoms with van der Waals surface area (Å²) in [6.45, 7) is 2.56. The van der Waals surface area contributed by atoms with Crippen LogP contribution in [0.15, 0.2) is 48.5 Å². The molecule has 0 bridgehead atoms. The first-order valence-electron chi connectivity index (χ1n) is 10.0. The van der Waals surface area contributed by atoms with E-state index in [1.165, 1.54) is 11.8 Å². The van der Waals surface area contributed by atoms with Gasteiger partial charge < -0.3 is 9.47 Å². The van der Waals surface area contributed by atoms with Gasteiger partial charge in [-0.25, -0.2) is 12.7 Å². The Morgan fingerprint density at radius 1 is 1.03 bits per heavy atom. The maximum atomic E-state index is 11.7. The predicted octanol–water partition coefficient (Wildman–Crippen LogP) is 3.05. The maximum absolute atomic E-state index is 11.7. The van der Waals surface area contributed by atoms with Gasteiger partial charge in [-0.15, -0.1) is 0 Å². The van der Waals surface area contributed by atoms with Gasteiger partial charge in [0.2, 0.25) is 10.0 Å². The molecule has 2 heterocycles. The highest BCUT2D eigenvalue weighted by Gasteiger charge is 2.27. The lowest BCUT2D eigenvalue weighted by Gasteiger charge is -2.35. The van der Waals surface area contributed by atoms with E-state index in [1.807, 2.05) is 24.3 Å². The number of rotatable bonds is 5. The van der Waals surface area contributed by atoms with Crippen LogP contribution < -0.4 is 9.47 Å². The summed E-state index contributed by atoms with van der Waals surface area (Å²) in [5.41, 5.74) is 2.34. The molecular weight excluding hydrogens is 388 g/mol. The molecule has 0 N–H and O–H groups in total. The zero-order valence-electron chi connectivity index (χ0n) is 17.0. The molecule has 7 heteroatoms. The lowest BCUT2D eigenvalue weighted by Crippen LogP contribution is -2.44. The molecule has 0 aliphatic carbocycles. The van der Waals surface area contributed by atoms with Crippen LogP contribution in [0.4, 0.5) is 0 Å². The number of fused-ring (bicyclic) bond motifs is 1. The molecule has 156 valence electrons. The van der Waals surface area contributed by atoms with Crippen molar-refractivity contribution < 1.29 is 17.9 Å². The molecule has 0 spiro atoms. The minimum absolute atomic E-state index is 0.100. The van der Waals surface area contributed by atoms with Crippen molar-refractivity contribution in [3.05, 3.63) is 59.7 Å². The van der Waals surface area contributed by atoms with E-state index in [9.17, 15) is 8.42 Å². The summed E-state index contributed by atoms with van der Waals surface area (Å²) < 4.78 is 36.8. The number of hydrogen-bond donors (Lipinski definition) is 0. The van der Waals surface area contributed by atoms with Crippen LogP contribution in [0.25, 0.3) is 0 Å². The molecule has 0 saturated carbocycles. The third kappa shape index (κ3) is 4.74. The topological polar surface area (TPSA) is 59.1 Å². The minimum atomic E-state index is -3.08. The average Bonchev–Trinajstić information content (AvgIpc) is 2.73. The van der Waals surface area contributed by atoms with Crippen LogP contribution in [-0.2, 0) is 16.6 Å². The van der Waals surface area contributed by atoms with Gasteiger partial charge in [-0.3, -0.25) is 4.90 Å². The number of benzene rings is 2. The normalized spacial score (nSPS) is 20.7. The van der Waals surface area contributed by atoms with Crippen molar-refractivity contribution in [2.24, 2.45) is 0 Å². The number of piperidine rings is 1. The van der Waals surface area contributed by atoms with Gasteiger partial charge in [0.15, 0.2) is 17.6 Å². The number of nitrogens with zero attached hydrogens (tertiary/aromatic N) is 2. The number of ether oxygens (including phenoxy) is 2. The predicted molar refractivity (Wildman–Crippen MR) is 113 cm³/mol. The summed E-state index contributed by atoms with van der Waals surface area (Å²) in [6.07, 6.45) is 2.93. The SMILES string of the molecule is CN(Cc1ccc([C@H]2COc3ccccc3O2)cc1)C1CCN(S(C)(=O)=O)CC1. The fraction of sp³-hybridized carbons (Fsp3) is 0.455. The molecule has 4 rings (SSSR count). The standard InChI is InChI=1S/C22H28N2O4S/c1-23(19-11-13-24(14-12-19)29(2,25)26)15-17-7-9-18(10-8-17)22-16-27-20-5-3-4-6-21(20)28-22/h3-10,19,22H,11-16H2,1-2H3/t22-/m1/s1. The second-order valence-electron chi connectivity index (χ2n) is 7.91. The Morgan fingerprint density at radius 3 is 2.34 bits per heavy atom. The van der Waals surface area contributed by atoms with E-state index in [2.05, 4.69) is 36.2 Å². The number of para-hydroxylation sites is 2. The molecule has 1 fully saturated rings. The average molecular weight is 417 g/mol. The summed E-state index contributed by atoms with van der Waals surface area (Å²) in [4.78, 5) is 2.32. The third-order valence-electron chi connectivity index (χ3n) is 5.81. The van der Waals surface area contributed by atoms with E-state index in [0.717, 1.165) is 36.4 Å². The highest BCUT2D eigenvalue weighted by atomic mass is 32.2. The molecule has 0 radical (unpaired) electrons. The van der Waals surface area contributed by atoms with Crippen molar-refractivity contribution >= 4 is 10.0 Å². The second-order valence-corrected chi connectivity index (χ2v) is 9.90.